The molecule has 2 rings (SSSR count). The van der Waals surface area contributed by atoms with Gasteiger partial charge in [-0.15, -0.1) is 11.6 Å². The van der Waals surface area contributed by atoms with Crippen molar-refractivity contribution in [2.75, 3.05) is 18.4 Å². The quantitative estimate of drug-likeness (QED) is 0.745. The van der Waals surface area contributed by atoms with E-state index in [-0.39, 0.29) is 5.91 Å². The number of anilines is 1. The van der Waals surface area contributed by atoms with Crippen LogP contribution in [0.25, 0.3) is 0 Å². The second-order valence-corrected chi connectivity index (χ2v) is 4.23. The highest BCUT2D eigenvalue weighted by Gasteiger charge is 2.22. The lowest BCUT2D eigenvalue weighted by Crippen LogP contribution is -2.44. The Morgan fingerprint density at radius 3 is 3.07 bits per heavy atom. The maximum atomic E-state index is 11.4. The summed E-state index contributed by atoms with van der Waals surface area (Å²) in [5, 5.41) is 9.53. The lowest BCUT2D eigenvalue weighted by atomic mass is 10.2. The van der Waals surface area contributed by atoms with Gasteiger partial charge in [-0.05, 0) is 6.92 Å². The Morgan fingerprint density at radius 1 is 1.80 bits per heavy atom. The molecule has 1 aromatic rings. The molecule has 82 valence electrons. The molecule has 2 heterocycles. The molecular formula is C9H13ClN4O. The molecule has 0 saturated carbocycles. The number of carbonyl (C=O) groups is 1. The molecule has 15 heavy (non-hydrogen) atoms. The molecule has 6 heteroatoms. The third kappa shape index (κ3) is 2.13. The van der Waals surface area contributed by atoms with Crippen LogP contribution in [0.2, 0.25) is 0 Å². The second-order valence-electron chi connectivity index (χ2n) is 3.58. The van der Waals surface area contributed by atoms with E-state index in [1.807, 2.05) is 4.68 Å². The molecule has 1 aromatic heterocycles. The van der Waals surface area contributed by atoms with Crippen LogP contribution in [0.15, 0.2) is 12.3 Å². The van der Waals surface area contributed by atoms with Gasteiger partial charge in [0.05, 0.1) is 12.2 Å². The minimum atomic E-state index is -0.534. The number of rotatable bonds is 3. The number of alkyl halides is 1. The van der Waals surface area contributed by atoms with Crippen LogP contribution in [0.3, 0.4) is 0 Å². The Balaban J connectivity index is 2.07. The van der Waals surface area contributed by atoms with Crippen molar-refractivity contribution in [3.63, 3.8) is 0 Å². The van der Waals surface area contributed by atoms with Crippen LogP contribution in [0.4, 0.5) is 5.82 Å². The molecule has 1 aliphatic rings. The van der Waals surface area contributed by atoms with Gasteiger partial charge >= 0.3 is 0 Å². The predicted octanol–water partition coefficient (Wildman–Crippen LogP) is 0.593. The third-order valence-corrected chi connectivity index (χ3v) is 2.59. The topological polar surface area (TPSA) is 59.0 Å². The van der Waals surface area contributed by atoms with E-state index in [0.29, 0.717) is 11.9 Å². The molecule has 1 fully saturated rings. The zero-order valence-electron chi connectivity index (χ0n) is 8.40. The highest BCUT2D eigenvalue weighted by molar-refractivity contribution is 6.32. The maximum absolute atomic E-state index is 11.4. The highest BCUT2D eigenvalue weighted by atomic mass is 35.5. The lowest BCUT2D eigenvalue weighted by Gasteiger charge is -2.28. The van der Waals surface area contributed by atoms with Crippen LogP contribution in [0, 0.1) is 0 Å². The molecule has 5 nitrogen and oxygen atoms in total. The third-order valence-electron chi connectivity index (χ3n) is 2.39. The summed E-state index contributed by atoms with van der Waals surface area (Å²) in [6.07, 6.45) is 1.67. The summed E-state index contributed by atoms with van der Waals surface area (Å²) < 4.78 is 1.81. The number of carbonyl (C=O) groups excluding carboxylic acids is 1. The van der Waals surface area contributed by atoms with Crippen molar-refractivity contribution in [1.82, 2.24) is 15.1 Å². The smallest absolute Gasteiger partial charge is 0.243 e. The van der Waals surface area contributed by atoms with Gasteiger partial charge in [-0.2, -0.15) is 5.10 Å². The van der Waals surface area contributed by atoms with Crippen molar-refractivity contribution in [1.29, 1.82) is 0 Å². The van der Waals surface area contributed by atoms with Crippen LogP contribution in [-0.4, -0.2) is 34.2 Å². The van der Waals surface area contributed by atoms with E-state index >= 15 is 0 Å². The van der Waals surface area contributed by atoms with Gasteiger partial charge in [0.2, 0.25) is 5.91 Å². The number of halogens is 1. The fourth-order valence-corrected chi connectivity index (χ4v) is 1.43. The number of hydrogen-bond acceptors (Lipinski definition) is 3. The van der Waals surface area contributed by atoms with Crippen LogP contribution in [0.1, 0.15) is 13.0 Å². The Morgan fingerprint density at radius 2 is 2.53 bits per heavy atom. The van der Waals surface area contributed by atoms with Gasteiger partial charge in [-0.1, -0.05) is 0 Å². The van der Waals surface area contributed by atoms with E-state index < -0.39 is 5.38 Å². The Labute approximate surface area is 92.8 Å². The average Bonchev–Trinajstić information content (AvgIpc) is 2.50. The summed E-state index contributed by atoms with van der Waals surface area (Å²) in [6.45, 7) is 3.42. The summed E-state index contributed by atoms with van der Waals surface area (Å²) in [5.74, 6) is 0.504. The molecule has 0 spiro atoms. The van der Waals surface area contributed by atoms with Crippen molar-refractivity contribution in [2.24, 2.45) is 0 Å². The van der Waals surface area contributed by atoms with E-state index in [2.05, 4.69) is 15.7 Å². The minimum Gasteiger partial charge on any atom is -0.312 e. The SMILES string of the molecule is C[C@@H](Cl)C(=O)Nc1ccnn1C1CNC1. The molecule has 1 amide bonds. The van der Waals surface area contributed by atoms with Gasteiger partial charge < -0.3 is 10.6 Å². The molecule has 1 atom stereocenters. The summed E-state index contributed by atoms with van der Waals surface area (Å²) in [5.41, 5.74) is 0. The minimum absolute atomic E-state index is 0.203. The monoisotopic (exact) mass is 228 g/mol. The number of hydrogen-bond donors (Lipinski definition) is 2. The van der Waals surface area contributed by atoms with E-state index in [4.69, 9.17) is 11.6 Å². The highest BCUT2D eigenvalue weighted by Crippen LogP contribution is 2.17. The first-order chi connectivity index (χ1) is 7.18. The molecule has 0 bridgehead atoms. The molecular weight excluding hydrogens is 216 g/mol. The van der Waals surface area contributed by atoms with Crippen LogP contribution in [0.5, 0.6) is 0 Å². The Hall–Kier alpha value is -1.07. The van der Waals surface area contributed by atoms with Crippen molar-refractivity contribution in [2.45, 2.75) is 18.3 Å². The second kappa shape index (κ2) is 4.20. The molecule has 1 aliphatic heterocycles. The van der Waals surface area contributed by atoms with Crippen molar-refractivity contribution >= 4 is 23.3 Å². The molecule has 0 radical (unpaired) electrons. The fourth-order valence-electron chi connectivity index (χ4n) is 1.38. The van der Waals surface area contributed by atoms with Crippen LogP contribution >= 0.6 is 11.6 Å². The normalized spacial score (nSPS) is 18.3. The fraction of sp³-hybridized carbons (Fsp3) is 0.556. The summed E-state index contributed by atoms with van der Waals surface area (Å²) >= 11 is 5.67. The summed E-state index contributed by atoms with van der Waals surface area (Å²) in [7, 11) is 0. The number of amides is 1. The molecule has 1 saturated heterocycles. The lowest BCUT2D eigenvalue weighted by molar-refractivity contribution is -0.115. The summed E-state index contributed by atoms with van der Waals surface area (Å²) in [4.78, 5) is 11.4. The van der Waals surface area contributed by atoms with Crippen molar-refractivity contribution < 1.29 is 4.79 Å². The molecule has 0 aliphatic carbocycles. The van der Waals surface area contributed by atoms with Gasteiger partial charge in [-0.3, -0.25) is 4.79 Å². The van der Waals surface area contributed by atoms with E-state index in [1.165, 1.54) is 0 Å². The Kier molecular flexibility index (Phi) is 2.93. The average molecular weight is 229 g/mol. The van der Waals surface area contributed by atoms with E-state index in [1.54, 1.807) is 19.2 Å². The van der Waals surface area contributed by atoms with Gasteiger partial charge in [0.25, 0.3) is 0 Å². The van der Waals surface area contributed by atoms with E-state index in [0.717, 1.165) is 13.1 Å². The Bertz CT molecular complexity index is 359. The maximum Gasteiger partial charge on any atom is 0.243 e. The van der Waals surface area contributed by atoms with Crippen molar-refractivity contribution in [3.8, 4) is 0 Å². The van der Waals surface area contributed by atoms with Crippen molar-refractivity contribution in [3.05, 3.63) is 12.3 Å². The standard InChI is InChI=1S/C9H13ClN4O/c1-6(10)9(15)13-8-2-3-12-14(8)7-4-11-5-7/h2-3,6-7,11H,4-5H2,1H3,(H,13,15)/t6-/m1/s1. The van der Waals surface area contributed by atoms with Crippen LogP contribution in [-0.2, 0) is 4.79 Å². The van der Waals surface area contributed by atoms with Gasteiger partial charge in [0.15, 0.2) is 0 Å². The first-order valence-corrected chi connectivity index (χ1v) is 5.31. The molecule has 2 N–H and O–H groups in total. The first kappa shape index (κ1) is 10.4. The zero-order valence-corrected chi connectivity index (χ0v) is 9.16. The van der Waals surface area contributed by atoms with Gasteiger partial charge in [-0.25, -0.2) is 4.68 Å². The van der Waals surface area contributed by atoms with Gasteiger partial charge in [0.1, 0.15) is 11.2 Å². The molecule has 0 unspecified atom stereocenters. The summed E-state index contributed by atoms with van der Waals surface area (Å²) in [6, 6.07) is 2.11. The van der Waals surface area contributed by atoms with Gasteiger partial charge in [0, 0.05) is 19.2 Å². The number of nitrogens with one attached hydrogen (secondary N) is 2. The molecule has 0 aromatic carbocycles. The number of nitrogens with zero attached hydrogens (tertiary/aromatic N) is 2. The zero-order chi connectivity index (χ0) is 10.8. The van der Waals surface area contributed by atoms with Crippen LogP contribution < -0.4 is 10.6 Å². The first-order valence-electron chi connectivity index (χ1n) is 4.87. The van der Waals surface area contributed by atoms with E-state index in [9.17, 15) is 4.79 Å². The largest absolute Gasteiger partial charge is 0.312 e. The number of aromatic nitrogens is 2. The predicted molar refractivity (Wildman–Crippen MR) is 58.1 cm³/mol.